The summed E-state index contributed by atoms with van der Waals surface area (Å²) in [6, 6.07) is 22.0. The van der Waals surface area contributed by atoms with Crippen molar-refractivity contribution in [2.24, 2.45) is 0 Å². The zero-order valence-corrected chi connectivity index (χ0v) is 11.8. The molecule has 0 N–H and O–H groups in total. The molecule has 0 amide bonds. The molecule has 0 heteroatoms. The van der Waals surface area contributed by atoms with Crippen molar-refractivity contribution in [3.8, 4) is 0 Å². The first-order valence-electron chi connectivity index (χ1n) is 7.07. The Bertz CT molecular complexity index is 881. The van der Waals surface area contributed by atoms with Crippen LogP contribution in [0.1, 0.15) is 11.1 Å². The van der Waals surface area contributed by atoms with Gasteiger partial charge in [0.15, 0.2) is 0 Å². The largest absolute Gasteiger partial charge is 0.0616 e. The van der Waals surface area contributed by atoms with Crippen LogP contribution in [0, 0.1) is 13.8 Å². The predicted octanol–water partition coefficient (Wildman–Crippen LogP) is 5.76. The van der Waals surface area contributed by atoms with Gasteiger partial charge in [-0.2, -0.15) is 0 Å². The minimum Gasteiger partial charge on any atom is -0.0616 e. The van der Waals surface area contributed by atoms with Gasteiger partial charge in [-0.1, -0.05) is 60.7 Å². The van der Waals surface area contributed by atoms with Crippen molar-refractivity contribution in [1.82, 2.24) is 0 Å². The van der Waals surface area contributed by atoms with Gasteiger partial charge in [0.25, 0.3) is 0 Å². The van der Waals surface area contributed by atoms with Crippen molar-refractivity contribution >= 4 is 32.3 Å². The summed E-state index contributed by atoms with van der Waals surface area (Å²) in [5.74, 6) is 0. The Morgan fingerprint density at radius 1 is 0.450 bits per heavy atom. The van der Waals surface area contributed by atoms with Crippen LogP contribution in [0.3, 0.4) is 0 Å². The number of fused-ring (bicyclic) bond motifs is 6. The highest BCUT2D eigenvalue weighted by Gasteiger charge is 2.10. The van der Waals surface area contributed by atoms with E-state index in [0.717, 1.165) is 0 Å². The van der Waals surface area contributed by atoms with E-state index in [1.54, 1.807) is 0 Å². The Balaban J connectivity index is 2.49. The minimum absolute atomic E-state index is 1.35. The van der Waals surface area contributed by atoms with Gasteiger partial charge in [0.1, 0.15) is 0 Å². The molecule has 0 heterocycles. The van der Waals surface area contributed by atoms with E-state index in [9.17, 15) is 0 Å². The second kappa shape index (κ2) is 4.08. The maximum atomic E-state index is 2.25. The molecule has 0 aliphatic heterocycles. The van der Waals surface area contributed by atoms with E-state index < -0.39 is 0 Å². The molecule has 0 bridgehead atoms. The van der Waals surface area contributed by atoms with Crippen LogP contribution in [-0.4, -0.2) is 0 Å². The van der Waals surface area contributed by atoms with E-state index >= 15 is 0 Å². The Morgan fingerprint density at radius 2 is 0.850 bits per heavy atom. The molecule has 96 valence electrons. The fourth-order valence-electron chi connectivity index (χ4n) is 3.40. The molecule has 0 saturated heterocycles. The first-order valence-corrected chi connectivity index (χ1v) is 7.07. The third-order valence-corrected chi connectivity index (χ3v) is 4.30. The summed E-state index contributed by atoms with van der Waals surface area (Å²) in [5.41, 5.74) is 2.71. The van der Waals surface area contributed by atoms with E-state index in [4.69, 9.17) is 0 Å². The molecule has 0 aliphatic carbocycles. The predicted molar refractivity (Wildman–Crippen MR) is 88.4 cm³/mol. The van der Waals surface area contributed by atoms with Crippen LogP contribution >= 0.6 is 0 Å². The van der Waals surface area contributed by atoms with Gasteiger partial charge < -0.3 is 0 Å². The van der Waals surface area contributed by atoms with Crippen molar-refractivity contribution in [2.75, 3.05) is 0 Å². The van der Waals surface area contributed by atoms with Gasteiger partial charge >= 0.3 is 0 Å². The quantitative estimate of drug-likeness (QED) is 0.351. The summed E-state index contributed by atoms with van der Waals surface area (Å²) in [6.07, 6.45) is 0. The van der Waals surface area contributed by atoms with Crippen LogP contribution in [0.25, 0.3) is 32.3 Å². The minimum atomic E-state index is 1.35. The number of hydrogen-bond donors (Lipinski definition) is 0. The second-order valence-electron chi connectivity index (χ2n) is 5.54. The summed E-state index contributed by atoms with van der Waals surface area (Å²) >= 11 is 0. The monoisotopic (exact) mass is 256 g/mol. The van der Waals surface area contributed by atoms with E-state index in [1.807, 2.05) is 0 Å². The van der Waals surface area contributed by atoms with Crippen molar-refractivity contribution < 1.29 is 0 Å². The lowest BCUT2D eigenvalue weighted by Gasteiger charge is -2.13. The van der Waals surface area contributed by atoms with Crippen molar-refractivity contribution in [3.63, 3.8) is 0 Å². The third-order valence-electron chi connectivity index (χ3n) is 4.30. The maximum absolute atomic E-state index is 2.25. The fraction of sp³-hybridized carbons (Fsp3) is 0.100. The van der Waals surface area contributed by atoms with Crippen LogP contribution < -0.4 is 0 Å². The highest BCUT2D eigenvalue weighted by atomic mass is 14.1. The molecule has 0 unspecified atom stereocenters. The third kappa shape index (κ3) is 1.42. The van der Waals surface area contributed by atoms with Gasteiger partial charge in [-0.3, -0.25) is 0 Å². The van der Waals surface area contributed by atoms with Gasteiger partial charge in [-0.15, -0.1) is 0 Å². The van der Waals surface area contributed by atoms with E-state index in [2.05, 4.69) is 74.5 Å². The molecule has 0 radical (unpaired) electrons. The molecule has 4 aromatic carbocycles. The highest BCUT2D eigenvalue weighted by Crippen LogP contribution is 2.37. The molecule has 0 fully saturated rings. The van der Waals surface area contributed by atoms with Gasteiger partial charge in [0.2, 0.25) is 0 Å². The molecule has 0 spiro atoms. The van der Waals surface area contributed by atoms with Gasteiger partial charge in [0, 0.05) is 0 Å². The summed E-state index contributed by atoms with van der Waals surface area (Å²) < 4.78 is 0. The standard InChI is InChI=1S/C20H16/c1-13-7-5-11-17-15-9-3-4-10-16(15)18-12-6-8-14(2)20(18)19(13)17/h3-12H,1-2H3. The maximum Gasteiger partial charge on any atom is -0.00670 e. The van der Waals surface area contributed by atoms with E-state index in [0.29, 0.717) is 0 Å². The lowest BCUT2D eigenvalue weighted by molar-refractivity contribution is 1.51. The lowest BCUT2D eigenvalue weighted by Crippen LogP contribution is -1.87. The summed E-state index contributed by atoms with van der Waals surface area (Å²) in [5, 5.41) is 8.23. The molecule has 4 aromatic rings. The SMILES string of the molecule is Cc1cccc2c3ccccc3c3cccc(C)c3c12. The van der Waals surface area contributed by atoms with Crippen molar-refractivity contribution in [2.45, 2.75) is 13.8 Å². The first kappa shape index (κ1) is 11.5. The lowest BCUT2D eigenvalue weighted by atomic mass is 9.90. The summed E-state index contributed by atoms with van der Waals surface area (Å²) in [4.78, 5) is 0. The summed E-state index contributed by atoms with van der Waals surface area (Å²) in [6.45, 7) is 4.42. The Hall–Kier alpha value is -2.34. The zero-order valence-electron chi connectivity index (χ0n) is 11.8. The number of rotatable bonds is 0. The number of aryl methyl sites for hydroxylation is 2. The fourth-order valence-corrected chi connectivity index (χ4v) is 3.40. The topological polar surface area (TPSA) is 0 Å². The average Bonchev–Trinajstić information content (AvgIpc) is 2.48. The summed E-state index contributed by atoms with van der Waals surface area (Å²) in [7, 11) is 0. The smallest absolute Gasteiger partial charge is 0.00670 e. The molecular weight excluding hydrogens is 240 g/mol. The number of hydrogen-bond acceptors (Lipinski definition) is 0. The van der Waals surface area contributed by atoms with Crippen LogP contribution in [0.5, 0.6) is 0 Å². The molecule has 20 heavy (non-hydrogen) atoms. The van der Waals surface area contributed by atoms with Crippen LogP contribution in [-0.2, 0) is 0 Å². The first-order chi connectivity index (χ1) is 9.77. The molecular formula is C20H16. The van der Waals surface area contributed by atoms with Gasteiger partial charge in [-0.25, -0.2) is 0 Å². The average molecular weight is 256 g/mol. The molecule has 4 rings (SSSR count). The van der Waals surface area contributed by atoms with Gasteiger partial charge in [-0.05, 0) is 57.3 Å². The highest BCUT2D eigenvalue weighted by molar-refractivity contribution is 6.26. The van der Waals surface area contributed by atoms with E-state index in [-0.39, 0.29) is 0 Å². The zero-order chi connectivity index (χ0) is 13.7. The van der Waals surface area contributed by atoms with Crippen molar-refractivity contribution in [3.05, 3.63) is 71.8 Å². The van der Waals surface area contributed by atoms with E-state index in [1.165, 1.54) is 43.4 Å². The Morgan fingerprint density at radius 3 is 1.30 bits per heavy atom. The number of benzene rings is 4. The van der Waals surface area contributed by atoms with Crippen molar-refractivity contribution in [1.29, 1.82) is 0 Å². The molecule has 0 saturated carbocycles. The molecule has 0 atom stereocenters. The Labute approximate surface area is 118 Å². The Kier molecular flexibility index (Phi) is 2.34. The van der Waals surface area contributed by atoms with Gasteiger partial charge in [0.05, 0.1) is 0 Å². The molecule has 0 aromatic heterocycles. The second-order valence-corrected chi connectivity index (χ2v) is 5.54. The molecule has 0 nitrogen and oxygen atoms in total. The van der Waals surface area contributed by atoms with Crippen LogP contribution in [0.4, 0.5) is 0 Å². The van der Waals surface area contributed by atoms with Crippen LogP contribution in [0.15, 0.2) is 60.7 Å². The normalized spacial score (nSPS) is 11.5. The molecule has 0 aliphatic rings. The van der Waals surface area contributed by atoms with Crippen LogP contribution in [0.2, 0.25) is 0 Å².